The van der Waals surface area contributed by atoms with Crippen molar-refractivity contribution in [2.75, 3.05) is 13.7 Å². The SMILES string of the molecule is COc1cccc(C(O)COc2ccc(C)cc2CO)c1. The van der Waals surface area contributed by atoms with Gasteiger partial charge in [0, 0.05) is 5.56 Å². The molecule has 2 rings (SSSR count). The van der Waals surface area contributed by atoms with Crippen molar-refractivity contribution in [3.63, 3.8) is 0 Å². The van der Waals surface area contributed by atoms with Crippen LogP contribution in [-0.4, -0.2) is 23.9 Å². The lowest BCUT2D eigenvalue weighted by molar-refractivity contribution is 0.106. The van der Waals surface area contributed by atoms with Gasteiger partial charge in [-0.25, -0.2) is 0 Å². The molecule has 4 nitrogen and oxygen atoms in total. The first kappa shape index (κ1) is 15.4. The highest BCUT2D eigenvalue weighted by molar-refractivity contribution is 5.36. The van der Waals surface area contributed by atoms with E-state index < -0.39 is 6.10 Å². The second kappa shape index (κ2) is 7.11. The molecular formula is C17H20O4. The van der Waals surface area contributed by atoms with Crippen molar-refractivity contribution in [1.29, 1.82) is 0 Å². The Hall–Kier alpha value is -2.04. The lowest BCUT2D eigenvalue weighted by Gasteiger charge is -2.15. The van der Waals surface area contributed by atoms with Gasteiger partial charge in [0.2, 0.25) is 0 Å². The van der Waals surface area contributed by atoms with Crippen LogP contribution in [0.1, 0.15) is 22.8 Å². The van der Waals surface area contributed by atoms with Crippen molar-refractivity contribution in [1.82, 2.24) is 0 Å². The third-order valence-electron chi connectivity index (χ3n) is 3.26. The van der Waals surface area contributed by atoms with E-state index in [-0.39, 0.29) is 13.2 Å². The van der Waals surface area contributed by atoms with E-state index in [1.165, 1.54) is 0 Å². The van der Waals surface area contributed by atoms with Gasteiger partial charge < -0.3 is 19.7 Å². The zero-order valence-electron chi connectivity index (χ0n) is 12.2. The minimum Gasteiger partial charge on any atom is -0.497 e. The maximum Gasteiger partial charge on any atom is 0.124 e. The molecule has 2 aromatic rings. The number of ether oxygens (including phenoxy) is 2. The normalized spacial score (nSPS) is 12.0. The van der Waals surface area contributed by atoms with Gasteiger partial charge in [0.15, 0.2) is 0 Å². The van der Waals surface area contributed by atoms with Crippen LogP contribution in [-0.2, 0) is 6.61 Å². The number of rotatable bonds is 6. The summed E-state index contributed by atoms with van der Waals surface area (Å²) >= 11 is 0. The molecule has 0 saturated heterocycles. The highest BCUT2D eigenvalue weighted by Gasteiger charge is 2.11. The standard InChI is InChI=1S/C17H20O4/c1-12-6-7-17(14(8-12)10-18)21-11-16(19)13-4-3-5-15(9-13)20-2/h3-9,16,18-19H,10-11H2,1-2H3. The van der Waals surface area contributed by atoms with Gasteiger partial charge in [-0.2, -0.15) is 0 Å². The van der Waals surface area contributed by atoms with Gasteiger partial charge in [0.25, 0.3) is 0 Å². The van der Waals surface area contributed by atoms with E-state index in [2.05, 4.69) is 0 Å². The lowest BCUT2D eigenvalue weighted by atomic mass is 10.1. The third-order valence-corrected chi connectivity index (χ3v) is 3.26. The molecule has 1 atom stereocenters. The summed E-state index contributed by atoms with van der Waals surface area (Å²) in [4.78, 5) is 0. The van der Waals surface area contributed by atoms with Crippen LogP contribution < -0.4 is 9.47 Å². The Morgan fingerprint density at radius 2 is 1.95 bits per heavy atom. The first-order valence-corrected chi connectivity index (χ1v) is 6.79. The summed E-state index contributed by atoms with van der Waals surface area (Å²) in [5.74, 6) is 1.28. The van der Waals surface area contributed by atoms with Gasteiger partial charge in [0.1, 0.15) is 24.2 Å². The zero-order chi connectivity index (χ0) is 15.2. The first-order chi connectivity index (χ1) is 10.1. The zero-order valence-corrected chi connectivity index (χ0v) is 12.2. The Kier molecular flexibility index (Phi) is 5.20. The number of hydrogen-bond donors (Lipinski definition) is 2. The Labute approximate surface area is 124 Å². The van der Waals surface area contributed by atoms with E-state index in [0.717, 1.165) is 11.1 Å². The van der Waals surface area contributed by atoms with Crippen LogP contribution in [0.4, 0.5) is 0 Å². The predicted octanol–water partition coefficient (Wildman–Crippen LogP) is 2.61. The molecule has 0 aliphatic rings. The van der Waals surface area contributed by atoms with Crippen molar-refractivity contribution < 1.29 is 19.7 Å². The van der Waals surface area contributed by atoms with E-state index in [0.29, 0.717) is 17.1 Å². The van der Waals surface area contributed by atoms with E-state index >= 15 is 0 Å². The van der Waals surface area contributed by atoms with Gasteiger partial charge in [-0.15, -0.1) is 0 Å². The van der Waals surface area contributed by atoms with Crippen molar-refractivity contribution in [2.24, 2.45) is 0 Å². The fourth-order valence-electron chi connectivity index (χ4n) is 2.09. The third kappa shape index (κ3) is 3.97. The number of aliphatic hydroxyl groups is 2. The van der Waals surface area contributed by atoms with Crippen LogP contribution >= 0.6 is 0 Å². The van der Waals surface area contributed by atoms with Crippen molar-refractivity contribution >= 4 is 0 Å². The molecule has 0 bridgehead atoms. The monoisotopic (exact) mass is 288 g/mol. The fraction of sp³-hybridized carbons (Fsp3) is 0.294. The molecule has 0 saturated carbocycles. The molecule has 2 aromatic carbocycles. The molecule has 4 heteroatoms. The summed E-state index contributed by atoms with van der Waals surface area (Å²) in [6.45, 7) is 1.98. The van der Waals surface area contributed by atoms with E-state index in [1.54, 1.807) is 19.2 Å². The molecule has 0 heterocycles. The molecule has 0 radical (unpaired) electrons. The van der Waals surface area contributed by atoms with E-state index in [1.807, 2.05) is 37.3 Å². The number of aryl methyl sites for hydroxylation is 1. The highest BCUT2D eigenvalue weighted by Crippen LogP contribution is 2.23. The lowest BCUT2D eigenvalue weighted by Crippen LogP contribution is -2.10. The summed E-state index contributed by atoms with van der Waals surface area (Å²) < 4.78 is 10.8. The smallest absolute Gasteiger partial charge is 0.124 e. The summed E-state index contributed by atoms with van der Waals surface area (Å²) in [6, 6.07) is 12.8. The minimum atomic E-state index is -0.757. The van der Waals surface area contributed by atoms with Gasteiger partial charge in [-0.3, -0.25) is 0 Å². The number of hydrogen-bond acceptors (Lipinski definition) is 4. The highest BCUT2D eigenvalue weighted by atomic mass is 16.5. The maximum absolute atomic E-state index is 10.2. The van der Waals surface area contributed by atoms with Gasteiger partial charge in [0.05, 0.1) is 13.7 Å². The number of methoxy groups -OCH3 is 1. The van der Waals surface area contributed by atoms with Gasteiger partial charge >= 0.3 is 0 Å². The van der Waals surface area contributed by atoms with Crippen LogP contribution in [0.2, 0.25) is 0 Å². The Morgan fingerprint density at radius 3 is 2.67 bits per heavy atom. The summed E-state index contributed by atoms with van der Waals surface area (Å²) in [7, 11) is 1.59. The maximum atomic E-state index is 10.2. The molecule has 0 aromatic heterocycles. The van der Waals surface area contributed by atoms with E-state index in [9.17, 15) is 10.2 Å². The van der Waals surface area contributed by atoms with Crippen LogP contribution in [0.25, 0.3) is 0 Å². The van der Waals surface area contributed by atoms with E-state index in [4.69, 9.17) is 9.47 Å². The summed E-state index contributed by atoms with van der Waals surface area (Å²) in [6.07, 6.45) is -0.757. The largest absolute Gasteiger partial charge is 0.497 e. The Balaban J connectivity index is 2.05. The minimum absolute atomic E-state index is 0.0910. The average molecular weight is 288 g/mol. The predicted molar refractivity (Wildman–Crippen MR) is 80.6 cm³/mol. The Bertz CT molecular complexity index is 595. The fourth-order valence-corrected chi connectivity index (χ4v) is 2.09. The topological polar surface area (TPSA) is 58.9 Å². The molecule has 1 unspecified atom stereocenters. The molecule has 112 valence electrons. The summed E-state index contributed by atoms with van der Waals surface area (Å²) in [5, 5.41) is 19.5. The first-order valence-electron chi connectivity index (χ1n) is 6.79. The number of aliphatic hydroxyl groups excluding tert-OH is 2. The summed E-state index contributed by atoms with van der Waals surface area (Å²) in [5.41, 5.74) is 2.50. The molecule has 21 heavy (non-hydrogen) atoms. The molecule has 0 amide bonds. The van der Waals surface area contributed by atoms with Crippen LogP contribution in [0, 0.1) is 6.92 Å². The molecular weight excluding hydrogens is 268 g/mol. The molecule has 2 N–H and O–H groups in total. The second-order valence-corrected chi connectivity index (χ2v) is 4.87. The quantitative estimate of drug-likeness (QED) is 0.858. The molecule has 0 spiro atoms. The van der Waals surface area contributed by atoms with Crippen LogP contribution in [0.5, 0.6) is 11.5 Å². The average Bonchev–Trinajstić information content (AvgIpc) is 2.53. The van der Waals surface area contributed by atoms with Crippen LogP contribution in [0.15, 0.2) is 42.5 Å². The van der Waals surface area contributed by atoms with Gasteiger partial charge in [-0.1, -0.05) is 29.8 Å². The van der Waals surface area contributed by atoms with Crippen molar-refractivity contribution in [2.45, 2.75) is 19.6 Å². The number of benzene rings is 2. The van der Waals surface area contributed by atoms with Gasteiger partial charge in [-0.05, 0) is 30.7 Å². The van der Waals surface area contributed by atoms with Crippen molar-refractivity contribution in [3.05, 3.63) is 59.2 Å². The molecule has 0 aliphatic carbocycles. The van der Waals surface area contributed by atoms with Crippen LogP contribution in [0.3, 0.4) is 0 Å². The Morgan fingerprint density at radius 1 is 1.14 bits per heavy atom. The van der Waals surface area contributed by atoms with Crippen molar-refractivity contribution in [3.8, 4) is 11.5 Å². The second-order valence-electron chi connectivity index (χ2n) is 4.87. The molecule has 0 aliphatic heterocycles. The molecule has 0 fully saturated rings.